The van der Waals surface area contributed by atoms with Gasteiger partial charge < -0.3 is 11.1 Å². The van der Waals surface area contributed by atoms with E-state index in [1.165, 1.54) is 0 Å². The molecule has 1 aromatic carbocycles. The highest BCUT2D eigenvalue weighted by atomic mass is 16.1. The molecule has 1 aliphatic carbocycles. The fraction of sp³-hybridized carbons (Fsp3) is 0.150. The third-order valence-corrected chi connectivity index (χ3v) is 4.71. The van der Waals surface area contributed by atoms with Crippen LogP contribution in [0.4, 0.5) is 17.3 Å². The van der Waals surface area contributed by atoms with E-state index < -0.39 is 0 Å². The van der Waals surface area contributed by atoms with Gasteiger partial charge in [-0.1, -0.05) is 24.3 Å². The number of nitrogens with zero attached hydrogens (tertiary/aromatic N) is 3. The number of rotatable bonds is 3. The Hall–Kier alpha value is -3.41. The molecule has 0 spiro atoms. The van der Waals surface area contributed by atoms with Gasteiger partial charge in [-0.15, -0.1) is 0 Å². The highest BCUT2D eigenvalue weighted by molar-refractivity contribution is 5.92. The normalized spacial score (nSPS) is 12.8. The molecule has 0 unspecified atom stereocenters. The molecule has 2 aromatic heterocycles. The number of hydrogen-bond donors (Lipinski definition) is 2. The maximum atomic E-state index is 12.7. The summed E-state index contributed by atoms with van der Waals surface area (Å²) in [5, 5.41) is 3.93. The van der Waals surface area contributed by atoms with Gasteiger partial charge in [0.15, 0.2) is 5.65 Å². The van der Waals surface area contributed by atoms with Crippen molar-refractivity contribution in [2.75, 3.05) is 11.1 Å². The van der Waals surface area contributed by atoms with Crippen molar-refractivity contribution < 1.29 is 0 Å². The van der Waals surface area contributed by atoms with E-state index in [0.717, 1.165) is 22.5 Å². The number of aryl methyl sites for hydroxylation is 2. The Morgan fingerprint density at radius 2 is 1.85 bits per heavy atom. The van der Waals surface area contributed by atoms with Crippen molar-refractivity contribution in [2.24, 2.45) is 0 Å². The second-order valence-corrected chi connectivity index (χ2v) is 6.45. The topological polar surface area (TPSA) is 85.8 Å². The lowest BCUT2D eigenvalue weighted by atomic mass is 10.1. The molecule has 0 atom stereocenters. The smallest absolute Gasteiger partial charge is 0.261 e. The van der Waals surface area contributed by atoms with Gasteiger partial charge in [-0.05, 0) is 44.1 Å². The molecular weight excluding hydrogens is 326 g/mol. The van der Waals surface area contributed by atoms with Crippen molar-refractivity contribution in [3.63, 3.8) is 0 Å². The summed E-state index contributed by atoms with van der Waals surface area (Å²) in [6, 6.07) is 6.06. The van der Waals surface area contributed by atoms with Crippen LogP contribution >= 0.6 is 0 Å². The van der Waals surface area contributed by atoms with Gasteiger partial charge in [-0.3, -0.25) is 9.36 Å². The van der Waals surface area contributed by atoms with Gasteiger partial charge in [-0.25, -0.2) is 4.98 Å². The molecule has 6 heteroatoms. The molecule has 130 valence electrons. The lowest BCUT2D eigenvalue weighted by Gasteiger charge is -2.17. The van der Waals surface area contributed by atoms with Crippen LogP contribution in [-0.4, -0.2) is 14.5 Å². The Kier molecular flexibility index (Phi) is 3.61. The van der Waals surface area contributed by atoms with Gasteiger partial charge >= 0.3 is 0 Å². The second kappa shape index (κ2) is 5.84. The quantitative estimate of drug-likeness (QED) is 0.759. The van der Waals surface area contributed by atoms with Gasteiger partial charge in [0.2, 0.25) is 5.95 Å². The number of allylic oxidation sites excluding steroid dienone is 4. The SMILES string of the molecule is Cc1cccc(C)c1Nc1ncc2c(N)c(C)c(=O)n(C3=CC=C3)c2n1. The molecule has 3 N–H and O–H groups in total. The largest absolute Gasteiger partial charge is 0.398 e. The molecule has 6 nitrogen and oxygen atoms in total. The number of pyridine rings is 1. The third-order valence-electron chi connectivity index (χ3n) is 4.71. The maximum absolute atomic E-state index is 12.7. The molecule has 2 heterocycles. The third kappa shape index (κ3) is 2.38. The summed E-state index contributed by atoms with van der Waals surface area (Å²) in [6.45, 7) is 5.77. The van der Waals surface area contributed by atoms with E-state index >= 15 is 0 Å². The summed E-state index contributed by atoms with van der Waals surface area (Å²) in [6.07, 6.45) is 7.30. The van der Waals surface area contributed by atoms with Crippen LogP contribution in [0.2, 0.25) is 0 Å². The average molecular weight is 345 g/mol. The van der Waals surface area contributed by atoms with Crippen LogP contribution in [0.5, 0.6) is 0 Å². The molecule has 0 amide bonds. The molecule has 0 saturated carbocycles. The van der Waals surface area contributed by atoms with Crippen molar-refractivity contribution in [1.29, 1.82) is 0 Å². The van der Waals surface area contributed by atoms with Crippen molar-refractivity contribution >= 4 is 34.1 Å². The second-order valence-electron chi connectivity index (χ2n) is 6.45. The lowest BCUT2D eigenvalue weighted by Crippen LogP contribution is -2.25. The first-order valence-electron chi connectivity index (χ1n) is 8.37. The Bertz CT molecular complexity index is 1150. The fourth-order valence-electron chi connectivity index (χ4n) is 3.07. The number of nitrogens with two attached hydrogens (primary N) is 1. The minimum Gasteiger partial charge on any atom is -0.398 e. The summed E-state index contributed by atoms with van der Waals surface area (Å²) < 4.78 is 1.58. The van der Waals surface area contributed by atoms with Crippen molar-refractivity contribution in [2.45, 2.75) is 20.8 Å². The predicted molar refractivity (Wildman–Crippen MR) is 106 cm³/mol. The number of benzene rings is 1. The molecule has 0 bridgehead atoms. The van der Waals surface area contributed by atoms with Gasteiger partial charge in [0, 0.05) is 17.4 Å². The zero-order valence-corrected chi connectivity index (χ0v) is 14.9. The zero-order valence-electron chi connectivity index (χ0n) is 14.9. The van der Waals surface area contributed by atoms with Gasteiger partial charge in [0.1, 0.15) is 0 Å². The minimum atomic E-state index is -0.165. The zero-order chi connectivity index (χ0) is 18.4. The van der Waals surface area contributed by atoms with E-state index in [-0.39, 0.29) is 5.56 Å². The monoisotopic (exact) mass is 345 g/mol. The summed E-state index contributed by atoms with van der Waals surface area (Å²) in [7, 11) is 0. The molecule has 0 fully saturated rings. The first kappa shape index (κ1) is 16.1. The van der Waals surface area contributed by atoms with Gasteiger partial charge in [0.25, 0.3) is 5.56 Å². The maximum Gasteiger partial charge on any atom is 0.261 e. The van der Waals surface area contributed by atoms with E-state index in [1.54, 1.807) is 17.7 Å². The Morgan fingerprint density at radius 1 is 1.15 bits per heavy atom. The average Bonchev–Trinajstić information content (AvgIpc) is 2.58. The Balaban J connectivity index is 1.92. The van der Waals surface area contributed by atoms with Crippen LogP contribution < -0.4 is 16.6 Å². The molecular formula is C20H19N5O. The summed E-state index contributed by atoms with van der Waals surface area (Å²) in [4.78, 5) is 21.8. The van der Waals surface area contributed by atoms with Gasteiger partial charge in [0.05, 0.1) is 16.8 Å². The molecule has 26 heavy (non-hydrogen) atoms. The van der Waals surface area contributed by atoms with Crippen LogP contribution in [0, 0.1) is 20.8 Å². The Morgan fingerprint density at radius 3 is 2.46 bits per heavy atom. The molecule has 4 rings (SSSR count). The number of para-hydroxylation sites is 1. The Labute approximate surface area is 150 Å². The van der Waals surface area contributed by atoms with Gasteiger partial charge in [-0.2, -0.15) is 4.98 Å². The molecule has 3 aromatic rings. The lowest BCUT2D eigenvalue weighted by molar-refractivity contribution is 1.01. The summed E-state index contributed by atoms with van der Waals surface area (Å²) in [5.41, 5.74) is 11.3. The fourth-order valence-corrected chi connectivity index (χ4v) is 3.07. The van der Waals surface area contributed by atoms with E-state index in [9.17, 15) is 4.79 Å². The van der Waals surface area contributed by atoms with Crippen molar-refractivity contribution in [3.8, 4) is 0 Å². The van der Waals surface area contributed by atoms with E-state index in [2.05, 4.69) is 15.3 Å². The number of fused-ring (bicyclic) bond motifs is 1. The number of nitrogens with one attached hydrogen (secondary N) is 1. The van der Waals surface area contributed by atoms with Crippen molar-refractivity contribution in [1.82, 2.24) is 14.5 Å². The summed E-state index contributed by atoms with van der Waals surface area (Å²) >= 11 is 0. The van der Waals surface area contributed by atoms with E-state index in [4.69, 9.17) is 5.73 Å². The molecule has 0 radical (unpaired) electrons. The standard InChI is InChI=1S/C20H19N5O/c1-11-6-4-7-12(2)17(11)23-20-22-10-15-16(21)13(3)19(26)25(18(15)24-20)14-8-5-9-14/h4-10H,21H2,1-3H3,(H,22,23,24). The van der Waals surface area contributed by atoms with Crippen molar-refractivity contribution in [3.05, 3.63) is 69.7 Å². The highest BCUT2D eigenvalue weighted by Gasteiger charge is 2.17. The number of anilines is 3. The van der Waals surface area contributed by atoms with Crippen LogP contribution in [0.15, 0.2) is 47.4 Å². The minimum absolute atomic E-state index is 0.165. The number of hydrogen-bond acceptors (Lipinski definition) is 5. The predicted octanol–water partition coefficient (Wildman–Crippen LogP) is 3.45. The molecule has 0 saturated heterocycles. The van der Waals surface area contributed by atoms with E-state index in [1.807, 2.05) is 50.3 Å². The van der Waals surface area contributed by atoms with E-state index in [0.29, 0.717) is 28.2 Å². The first-order valence-corrected chi connectivity index (χ1v) is 8.37. The number of nitrogen functional groups attached to an aromatic ring is 1. The van der Waals surface area contributed by atoms with Crippen LogP contribution in [-0.2, 0) is 0 Å². The highest BCUT2D eigenvalue weighted by Crippen LogP contribution is 2.27. The van der Waals surface area contributed by atoms with Crippen LogP contribution in [0.3, 0.4) is 0 Å². The molecule has 0 aliphatic heterocycles. The van der Waals surface area contributed by atoms with Crippen LogP contribution in [0.25, 0.3) is 16.7 Å². The first-order chi connectivity index (χ1) is 12.5. The summed E-state index contributed by atoms with van der Waals surface area (Å²) in [5.74, 6) is 0.426. The number of aromatic nitrogens is 3. The molecule has 1 aliphatic rings. The van der Waals surface area contributed by atoms with Crippen LogP contribution in [0.1, 0.15) is 16.7 Å².